The van der Waals surface area contributed by atoms with Gasteiger partial charge in [0, 0.05) is 43.4 Å². The predicted molar refractivity (Wildman–Crippen MR) is 171 cm³/mol. The number of ketones is 3. The number of aliphatic hydroxyl groups is 5. The lowest BCUT2D eigenvalue weighted by molar-refractivity contribution is -0.216. The number of aryl methyl sites for hydroxylation is 1. The molecule has 1 unspecified atom stereocenters. The Morgan fingerprint density at radius 3 is 2.29 bits per heavy atom. The van der Waals surface area contributed by atoms with Gasteiger partial charge >= 0.3 is 5.97 Å². The number of Topliss-reactive ketones (excluding diaryl/α,β-unsaturated/α-hetero) is 2. The smallest absolute Gasteiger partial charge is 0.341 e. The van der Waals surface area contributed by atoms with Gasteiger partial charge in [-0.25, -0.2) is 4.79 Å². The van der Waals surface area contributed by atoms with Gasteiger partial charge in [-0.1, -0.05) is 6.07 Å². The van der Waals surface area contributed by atoms with Crippen molar-refractivity contribution < 1.29 is 73.9 Å². The minimum Gasteiger partial charge on any atom is -0.507 e. The van der Waals surface area contributed by atoms with Crippen LogP contribution in [-0.2, 0) is 36.6 Å². The van der Waals surface area contributed by atoms with Crippen molar-refractivity contribution >= 4 is 23.3 Å². The van der Waals surface area contributed by atoms with Crippen LogP contribution in [0.25, 0.3) is 0 Å². The van der Waals surface area contributed by atoms with Crippen LogP contribution >= 0.6 is 0 Å². The van der Waals surface area contributed by atoms with Crippen molar-refractivity contribution in [2.45, 2.75) is 74.6 Å². The molecule has 0 saturated carbocycles. The number of aliphatic hydroxyl groups excluding tert-OH is 3. The van der Waals surface area contributed by atoms with Gasteiger partial charge in [-0.2, -0.15) is 0 Å². The molecule has 16 nitrogen and oxygen atoms in total. The molecular formula is C35H39NO15. The summed E-state index contributed by atoms with van der Waals surface area (Å²) in [4.78, 5) is 55.6. The molecule has 0 spiro atoms. The fourth-order valence-corrected chi connectivity index (χ4v) is 8.25. The van der Waals surface area contributed by atoms with Gasteiger partial charge in [-0.3, -0.25) is 14.4 Å². The number of hydrogen-bond donors (Lipinski definition) is 8. The summed E-state index contributed by atoms with van der Waals surface area (Å²) in [7, 11) is 3.33. The van der Waals surface area contributed by atoms with Gasteiger partial charge in [0.05, 0.1) is 54.8 Å². The summed E-state index contributed by atoms with van der Waals surface area (Å²) >= 11 is 0. The lowest BCUT2D eigenvalue weighted by Crippen LogP contribution is -2.73. The van der Waals surface area contributed by atoms with Crippen molar-refractivity contribution in [1.29, 1.82) is 0 Å². The molecule has 8 N–H and O–H groups in total. The summed E-state index contributed by atoms with van der Waals surface area (Å²) in [6.45, 7) is 3.68. The van der Waals surface area contributed by atoms with Gasteiger partial charge < -0.3 is 60.0 Å². The maximum Gasteiger partial charge on any atom is 0.341 e. The Morgan fingerprint density at radius 2 is 1.71 bits per heavy atom. The first-order valence-corrected chi connectivity index (χ1v) is 16.0. The number of fused-ring (bicyclic) bond motifs is 5. The molecule has 274 valence electrons. The maximum absolute atomic E-state index is 14.7. The molecule has 0 amide bonds. The van der Waals surface area contributed by atoms with Crippen molar-refractivity contribution in [2.75, 3.05) is 27.9 Å². The van der Waals surface area contributed by atoms with E-state index in [-0.39, 0.29) is 22.4 Å². The fraction of sp³-hybridized carbons (Fsp3) is 0.486. The molecule has 4 aliphatic rings. The number of hydrogen-bond acceptors (Lipinski definition) is 16. The van der Waals surface area contributed by atoms with Crippen molar-refractivity contribution in [1.82, 2.24) is 5.32 Å². The van der Waals surface area contributed by atoms with E-state index in [0.717, 1.165) is 26.4 Å². The summed E-state index contributed by atoms with van der Waals surface area (Å²) in [6, 6.07) is 2.27. The highest BCUT2D eigenvalue weighted by molar-refractivity contribution is 6.26. The average Bonchev–Trinajstić information content (AvgIpc) is 3.05. The van der Waals surface area contributed by atoms with E-state index in [0.29, 0.717) is 0 Å². The first kappa shape index (κ1) is 36.5. The van der Waals surface area contributed by atoms with E-state index in [2.05, 4.69) is 5.32 Å². The van der Waals surface area contributed by atoms with Crippen LogP contribution in [0, 0.1) is 12.8 Å². The van der Waals surface area contributed by atoms with Gasteiger partial charge in [-0.05, 0) is 38.0 Å². The maximum atomic E-state index is 14.7. The zero-order valence-electron chi connectivity index (χ0n) is 28.5. The first-order chi connectivity index (χ1) is 23.9. The molecule has 9 atom stereocenters. The highest BCUT2D eigenvalue weighted by Gasteiger charge is 2.73. The van der Waals surface area contributed by atoms with Crippen LogP contribution in [-0.4, -0.2) is 123 Å². The largest absolute Gasteiger partial charge is 0.507 e. The zero-order chi connectivity index (χ0) is 37.7. The number of carbonyl (C=O) groups is 4. The van der Waals surface area contributed by atoms with E-state index in [9.17, 15) is 54.9 Å². The normalized spacial score (nSPS) is 34.2. The van der Waals surface area contributed by atoms with Crippen molar-refractivity contribution in [3.63, 3.8) is 0 Å². The van der Waals surface area contributed by atoms with Crippen LogP contribution in [0.1, 0.15) is 77.5 Å². The number of benzene rings is 2. The number of methoxy groups -OCH3 is 3. The Kier molecular flexibility index (Phi) is 8.72. The second-order valence-electron chi connectivity index (χ2n) is 13.5. The monoisotopic (exact) mass is 713 g/mol. The number of phenols is 2. The molecule has 1 saturated heterocycles. The number of rotatable bonds is 6. The Labute approximate surface area is 290 Å². The number of ether oxygens (including phenoxy) is 4. The standard InChI is InChI=1S/C35H39NO15/c1-12-7-14-8-20(39)35(50-6)30(44)22-15(29(43)34(35,47)24(14)27(42)21(12)32(45)49-5)9-17-23(26(22)41)18(38)10-19(33(17,3)46)36-31-16(11-37)25(40)28(48-4)13(2)51-31/h7,9-10,13,16,20,25,28,31,36-37,39-42,46-47H,8,11H2,1-6H3/t13-,16+,20+,25-,28-,31-,33?,34-,35+/m0/s1. The minimum absolute atomic E-state index is 0.00162. The topological polar surface area (TPSA) is 259 Å². The van der Waals surface area contributed by atoms with Gasteiger partial charge in [0.25, 0.3) is 0 Å². The highest BCUT2D eigenvalue weighted by Crippen LogP contribution is 2.57. The van der Waals surface area contributed by atoms with Crippen molar-refractivity contribution in [2.24, 2.45) is 5.92 Å². The summed E-state index contributed by atoms with van der Waals surface area (Å²) in [5.41, 5.74) is -11.9. The number of allylic oxidation sites excluding steroid dienone is 1. The van der Waals surface area contributed by atoms with Gasteiger partial charge in [-0.15, -0.1) is 0 Å². The van der Waals surface area contributed by atoms with Crippen molar-refractivity contribution in [3.05, 3.63) is 68.4 Å². The molecule has 51 heavy (non-hydrogen) atoms. The molecular weight excluding hydrogens is 674 g/mol. The van der Waals surface area contributed by atoms with Crippen LogP contribution in [0.2, 0.25) is 0 Å². The molecule has 0 bridgehead atoms. The number of phenolic OH excluding ortho intramolecular Hbond substituents is 2. The van der Waals surface area contributed by atoms with E-state index in [1.165, 1.54) is 27.0 Å². The van der Waals surface area contributed by atoms with Gasteiger partial charge in [0.15, 0.2) is 17.0 Å². The summed E-state index contributed by atoms with van der Waals surface area (Å²) in [5.74, 6) is -7.62. The van der Waals surface area contributed by atoms with E-state index < -0.39 is 129 Å². The second kappa shape index (κ2) is 12.2. The first-order valence-electron chi connectivity index (χ1n) is 16.0. The molecule has 6 rings (SSSR count). The number of aromatic hydroxyl groups is 2. The van der Waals surface area contributed by atoms with E-state index in [1.54, 1.807) is 6.92 Å². The quantitative estimate of drug-likeness (QED) is 0.173. The fourth-order valence-electron chi connectivity index (χ4n) is 8.25. The number of carbonyl (C=O) groups excluding carboxylic acids is 4. The molecule has 1 heterocycles. The Morgan fingerprint density at radius 1 is 1.04 bits per heavy atom. The van der Waals surface area contributed by atoms with E-state index in [1.807, 2.05) is 0 Å². The average molecular weight is 714 g/mol. The number of esters is 1. The Bertz CT molecular complexity index is 1920. The lowest BCUT2D eigenvalue weighted by Gasteiger charge is -2.53. The third kappa shape index (κ3) is 4.61. The lowest BCUT2D eigenvalue weighted by atomic mass is 9.56. The predicted octanol–water partition coefficient (Wildman–Crippen LogP) is -0.632. The van der Waals surface area contributed by atoms with Crippen LogP contribution in [0.3, 0.4) is 0 Å². The van der Waals surface area contributed by atoms with Gasteiger partial charge in [0.2, 0.25) is 11.6 Å². The van der Waals surface area contributed by atoms with Crippen LogP contribution in [0.5, 0.6) is 11.5 Å². The van der Waals surface area contributed by atoms with E-state index in [4.69, 9.17) is 18.9 Å². The van der Waals surface area contributed by atoms with Gasteiger partial charge in [0.1, 0.15) is 35.0 Å². The highest BCUT2D eigenvalue weighted by atomic mass is 16.6. The molecule has 16 heteroatoms. The van der Waals surface area contributed by atoms with Crippen LogP contribution < -0.4 is 5.32 Å². The van der Waals surface area contributed by atoms with Crippen LogP contribution in [0.15, 0.2) is 23.9 Å². The summed E-state index contributed by atoms with van der Waals surface area (Å²) < 4.78 is 21.5. The SMILES string of the molecule is COC(=O)c1c(C)cc2c(c1O)[C@]1(O)C(=O)c3cc4c(c(O)c3C(=O)[C@]1(OC)[C@H](O)C2)C(=O)C=C(N[C@H]1O[C@@H](C)[C@H](OC)[C@@H](O)[C@H]1CO)C4(C)O. The second-order valence-corrected chi connectivity index (χ2v) is 13.5. The molecule has 1 fully saturated rings. The molecule has 0 aromatic heterocycles. The minimum atomic E-state index is -3.23. The molecule has 2 aromatic rings. The number of nitrogens with one attached hydrogen (secondary N) is 1. The Hall–Kier alpha value is -4.26. The molecule has 0 radical (unpaired) electrons. The summed E-state index contributed by atoms with van der Waals surface area (Å²) in [6.07, 6.45) is -5.41. The molecule has 2 aromatic carbocycles. The third-order valence-corrected chi connectivity index (χ3v) is 10.9. The van der Waals surface area contributed by atoms with E-state index >= 15 is 0 Å². The third-order valence-electron chi connectivity index (χ3n) is 10.9. The zero-order valence-corrected chi connectivity index (χ0v) is 28.5. The molecule has 3 aliphatic carbocycles. The Balaban J connectivity index is 1.54. The van der Waals surface area contributed by atoms with Crippen molar-refractivity contribution in [3.8, 4) is 11.5 Å². The summed E-state index contributed by atoms with van der Waals surface area (Å²) in [5, 5.41) is 82.8. The molecule has 1 aliphatic heterocycles. The van der Waals surface area contributed by atoms with Crippen LogP contribution in [0.4, 0.5) is 0 Å².